The van der Waals surface area contributed by atoms with Gasteiger partial charge in [0.05, 0.1) is 18.2 Å². The number of aldehydes is 1. The quantitative estimate of drug-likeness (QED) is 0.733. The highest BCUT2D eigenvalue weighted by molar-refractivity contribution is 6.33. The van der Waals surface area contributed by atoms with E-state index in [9.17, 15) is 9.59 Å². The Morgan fingerprint density at radius 1 is 1.21 bits per heavy atom. The van der Waals surface area contributed by atoms with Crippen LogP contribution in [0, 0.1) is 0 Å². The van der Waals surface area contributed by atoms with Crippen molar-refractivity contribution in [3.05, 3.63) is 63.9 Å². The summed E-state index contributed by atoms with van der Waals surface area (Å²) in [7, 11) is 0. The van der Waals surface area contributed by atoms with Gasteiger partial charge >= 0.3 is 0 Å². The number of carbonyl (C=O) groups is 2. The van der Waals surface area contributed by atoms with E-state index in [1.165, 1.54) is 0 Å². The average Bonchev–Trinajstić information content (AvgIpc) is 3.24. The lowest BCUT2D eigenvalue weighted by atomic mass is 9.91. The molecular formula is C21H21ClN2O4. The number of carbonyl (C=O) groups excluding carboxylic acids is 2. The molecule has 1 unspecified atom stereocenters. The van der Waals surface area contributed by atoms with Crippen molar-refractivity contribution in [2.24, 2.45) is 0 Å². The summed E-state index contributed by atoms with van der Waals surface area (Å²) in [6, 6.07) is 8.96. The first kappa shape index (κ1) is 19.1. The van der Waals surface area contributed by atoms with Gasteiger partial charge in [0.25, 0.3) is 5.91 Å². The van der Waals surface area contributed by atoms with Crippen LogP contribution in [0.3, 0.4) is 0 Å². The van der Waals surface area contributed by atoms with Gasteiger partial charge in [-0.05, 0) is 36.6 Å². The van der Waals surface area contributed by atoms with Crippen molar-refractivity contribution in [3.8, 4) is 0 Å². The predicted molar refractivity (Wildman–Crippen MR) is 104 cm³/mol. The second-order valence-corrected chi connectivity index (χ2v) is 7.41. The standard InChI is InChI=1S/C21H21ClN2O4/c22-18-3-1-7-23-19(18)20(26)24-8-6-15(12-24)16-5-4-14(13-25)11-17(16)21-27-9-2-10-28-21/h1,3-5,7,11,13,15,21H,2,6,8-10,12H2. The number of likely N-dealkylation sites (tertiary alicyclic amines) is 1. The maximum atomic E-state index is 12.8. The van der Waals surface area contributed by atoms with Gasteiger partial charge in [0.15, 0.2) is 6.29 Å². The van der Waals surface area contributed by atoms with Crippen molar-refractivity contribution in [1.29, 1.82) is 0 Å². The van der Waals surface area contributed by atoms with Gasteiger partial charge in [-0.15, -0.1) is 0 Å². The molecule has 1 amide bonds. The summed E-state index contributed by atoms with van der Waals surface area (Å²) in [6.07, 6.45) is 3.59. The molecule has 2 fully saturated rings. The van der Waals surface area contributed by atoms with E-state index in [0.29, 0.717) is 36.9 Å². The summed E-state index contributed by atoms with van der Waals surface area (Å²) in [4.78, 5) is 30.0. The van der Waals surface area contributed by atoms with Crippen molar-refractivity contribution < 1.29 is 19.1 Å². The average molecular weight is 401 g/mol. The van der Waals surface area contributed by atoms with Gasteiger partial charge in [-0.25, -0.2) is 4.98 Å². The second-order valence-electron chi connectivity index (χ2n) is 7.00. The van der Waals surface area contributed by atoms with Gasteiger partial charge < -0.3 is 14.4 Å². The molecule has 2 aliphatic rings. The molecule has 6 nitrogen and oxygen atoms in total. The van der Waals surface area contributed by atoms with Gasteiger partial charge in [-0.1, -0.05) is 23.7 Å². The van der Waals surface area contributed by atoms with Crippen LogP contribution in [0.5, 0.6) is 0 Å². The van der Waals surface area contributed by atoms with Crippen LogP contribution < -0.4 is 0 Å². The molecule has 2 aromatic rings. The van der Waals surface area contributed by atoms with Crippen LogP contribution in [0.15, 0.2) is 36.5 Å². The number of pyridine rings is 1. The van der Waals surface area contributed by atoms with Crippen LogP contribution in [0.4, 0.5) is 0 Å². The number of nitrogens with zero attached hydrogens (tertiary/aromatic N) is 2. The third kappa shape index (κ3) is 3.81. The molecule has 7 heteroatoms. The van der Waals surface area contributed by atoms with E-state index in [4.69, 9.17) is 21.1 Å². The Labute approximate surface area is 168 Å². The SMILES string of the molecule is O=Cc1ccc(C2CCN(C(=O)c3ncccc3Cl)C2)c(C2OCCCO2)c1. The predicted octanol–water partition coefficient (Wildman–Crippen LogP) is 3.61. The maximum Gasteiger partial charge on any atom is 0.274 e. The number of rotatable bonds is 4. The molecule has 28 heavy (non-hydrogen) atoms. The second kappa shape index (κ2) is 8.39. The van der Waals surface area contributed by atoms with E-state index in [-0.39, 0.29) is 17.5 Å². The summed E-state index contributed by atoms with van der Waals surface area (Å²) in [6.45, 7) is 2.44. The Kier molecular flexibility index (Phi) is 5.71. The Morgan fingerprint density at radius 2 is 2.04 bits per heavy atom. The van der Waals surface area contributed by atoms with Crippen LogP contribution in [0.1, 0.15) is 57.0 Å². The number of aromatic nitrogens is 1. The summed E-state index contributed by atoms with van der Waals surface area (Å²) in [5.41, 5.74) is 2.79. The first-order valence-electron chi connectivity index (χ1n) is 9.39. The first-order valence-corrected chi connectivity index (χ1v) is 9.77. The number of amides is 1. The fourth-order valence-corrected chi connectivity index (χ4v) is 4.00. The number of halogens is 1. The zero-order chi connectivity index (χ0) is 19.5. The van der Waals surface area contributed by atoms with E-state index in [1.54, 1.807) is 29.3 Å². The molecule has 0 N–H and O–H groups in total. The molecule has 1 aromatic heterocycles. The fourth-order valence-electron chi connectivity index (χ4n) is 3.80. The van der Waals surface area contributed by atoms with Gasteiger partial charge in [-0.3, -0.25) is 9.59 Å². The number of hydrogen-bond acceptors (Lipinski definition) is 5. The number of benzene rings is 1. The molecule has 0 radical (unpaired) electrons. The van der Waals surface area contributed by atoms with Crippen molar-refractivity contribution in [3.63, 3.8) is 0 Å². The van der Waals surface area contributed by atoms with Crippen LogP contribution in [-0.2, 0) is 9.47 Å². The minimum absolute atomic E-state index is 0.135. The van der Waals surface area contributed by atoms with Gasteiger partial charge in [0.2, 0.25) is 0 Å². The molecule has 1 atom stereocenters. The van der Waals surface area contributed by atoms with Crippen LogP contribution in [0.2, 0.25) is 5.02 Å². The Balaban J connectivity index is 1.57. The van der Waals surface area contributed by atoms with Crippen LogP contribution in [-0.4, -0.2) is 48.4 Å². The molecule has 146 valence electrons. The normalized spacial score (nSPS) is 20.3. The largest absolute Gasteiger partial charge is 0.348 e. The maximum absolute atomic E-state index is 12.8. The van der Waals surface area contributed by atoms with E-state index in [1.807, 2.05) is 12.1 Å². The Hall–Kier alpha value is -2.28. The van der Waals surface area contributed by atoms with Gasteiger partial charge in [-0.2, -0.15) is 0 Å². The zero-order valence-electron chi connectivity index (χ0n) is 15.3. The zero-order valence-corrected chi connectivity index (χ0v) is 16.1. The summed E-state index contributed by atoms with van der Waals surface area (Å²) in [5.74, 6) is -0.0272. The van der Waals surface area contributed by atoms with Crippen LogP contribution >= 0.6 is 11.6 Å². The topological polar surface area (TPSA) is 68.7 Å². The Morgan fingerprint density at radius 3 is 2.79 bits per heavy atom. The fraction of sp³-hybridized carbons (Fsp3) is 0.381. The van der Waals surface area contributed by atoms with E-state index >= 15 is 0 Å². The van der Waals surface area contributed by atoms with E-state index in [0.717, 1.165) is 30.3 Å². The van der Waals surface area contributed by atoms with Crippen LogP contribution in [0.25, 0.3) is 0 Å². The molecular weight excluding hydrogens is 380 g/mol. The molecule has 3 heterocycles. The first-order chi connectivity index (χ1) is 13.7. The lowest BCUT2D eigenvalue weighted by Crippen LogP contribution is -2.29. The van der Waals surface area contributed by atoms with Crippen molar-refractivity contribution in [2.75, 3.05) is 26.3 Å². The molecule has 0 aliphatic carbocycles. The molecule has 0 bridgehead atoms. The van der Waals surface area contributed by atoms with Crippen molar-refractivity contribution >= 4 is 23.8 Å². The van der Waals surface area contributed by atoms with Gasteiger partial charge in [0.1, 0.15) is 12.0 Å². The Bertz CT molecular complexity index is 882. The summed E-state index contributed by atoms with van der Waals surface area (Å²) < 4.78 is 11.6. The van der Waals surface area contributed by atoms with E-state index in [2.05, 4.69) is 4.98 Å². The van der Waals surface area contributed by atoms with Crippen molar-refractivity contribution in [1.82, 2.24) is 9.88 Å². The smallest absolute Gasteiger partial charge is 0.274 e. The highest BCUT2D eigenvalue weighted by Crippen LogP contribution is 2.36. The lowest BCUT2D eigenvalue weighted by molar-refractivity contribution is -0.183. The molecule has 0 saturated carbocycles. The lowest BCUT2D eigenvalue weighted by Gasteiger charge is -2.27. The number of ether oxygens (including phenoxy) is 2. The summed E-state index contributed by atoms with van der Waals surface area (Å²) >= 11 is 6.13. The number of hydrogen-bond donors (Lipinski definition) is 0. The minimum atomic E-state index is -0.473. The molecule has 2 aliphatic heterocycles. The van der Waals surface area contributed by atoms with Gasteiger partial charge in [0, 0.05) is 36.3 Å². The highest BCUT2D eigenvalue weighted by Gasteiger charge is 2.32. The minimum Gasteiger partial charge on any atom is -0.348 e. The summed E-state index contributed by atoms with van der Waals surface area (Å²) in [5, 5.41) is 0.357. The highest BCUT2D eigenvalue weighted by atomic mass is 35.5. The monoisotopic (exact) mass is 400 g/mol. The van der Waals surface area contributed by atoms with E-state index < -0.39 is 6.29 Å². The third-order valence-electron chi connectivity index (χ3n) is 5.20. The third-order valence-corrected chi connectivity index (χ3v) is 5.51. The molecule has 0 spiro atoms. The molecule has 4 rings (SSSR count). The van der Waals surface area contributed by atoms with Crippen molar-refractivity contribution in [2.45, 2.75) is 25.0 Å². The molecule has 1 aromatic carbocycles. The molecule has 2 saturated heterocycles.